The quantitative estimate of drug-likeness (QED) is 0.265. The standard InChI is InChI=1S/C10H18O2/c1-4-5-6-7-12-10(8-11)9(2)3/h8H,4-7H2,1-3H3. The first kappa shape index (κ1) is 11.2. The summed E-state index contributed by atoms with van der Waals surface area (Å²) in [6.45, 7) is 6.56. The van der Waals surface area contributed by atoms with Gasteiger partial charge in [-0.05, 0) is 25.8 Å². The van der Waals surface area contributed by atoms with Gasteiger partial charge >= 0.3 is 0 Å². The second kappa shape index (κ2) is 6.89. The van der Waals surface area contributed by atoms with Crippen LogP contribution in [-0.2, 0) is 9.53 Å². The lowest BCUT2D eigenvalue weighted by Gasteiger charge is -2.05. The molecule has 0 N–H and O–H groups in total. The summed E-state index contributed by atoms with van der Waals surface area (Å²) in [4.78, 5) is 10.4. The fourth-order valence-electron chi connectivity index (χ4n) is 0.830. The summed E-state index contributed by atoms with van der Waals surface area (Å²) in [5.74, 6) is 0.492. The molecule has 0 aliphatic rings. The second-order valence-corrected chi connectivity index (χ2v) is 3.04. The van der Waals surface area contributed by atoms with Gasteiger partial charge in [0.25, 0.3) is 0 Å². The van der Waals surface area contributed by atoms with E-state index in [-0.39, 0.29) is 0 Å². The summed E-state index contributed by atoms with van der Waals surface area (Å²) >= 11 is 0. The lowest BCUT2D eigenvalue weighted by Crippen LogP contribution is -1.98. The molecule has 0 amide bonds. The lowest BCUT2D eigenvalue weighted by molar-refractivity contribution is -0.107. The zero-order chi connectivity index (χ0) is 9.40. The van der Waals surface area contributed by atoms with Crippen molar-refractivity contribution in [3.63, 3.8) is 0 Å². The van der Waals surface area contributed by atoms with Crippen LogP contribution in [0.4, 0.5) is 0 Å². The van der Waals surface area contributed by atoms with Gasteiger partial charge in [0.2, 0.25) is 0 Å². The van der Waals surface area contributed by atoms with E-state index in [1.807, 2.05) is 13.8 Å². The average Bonchev–Trinajstić information content (AvgIpc) is 2.04. The molecule has 2 nitrogen and oxygen atoms in total. The number of unbranched alkanes of at least 4 members (excludes halogenated alkanes) is 2. The van der Waals surface area contributed by atoms with Crippen LogP contribution < -0.4 is 0 Å². The summed E-state index contributed by atoms with van der Waals surface area (Å²) in [6.07, 6.45) is 4.14. The maximum atomic E-state index is 10.4. The van der Waals surface area contributed by atoms with Crippen molar-refractivity contribution in [2.24, 2.45) is 0 Å². The molecule has 2 heteroatoms. The molecule has 0 atom stereocenters. The van der Waals surface area contributed by atoms with E-state index in [4.69, 9.17) is 4.74 Å². The minimum atomic E-state index is 0.492. The Bertz CT molecular complexity index is 155. The molecule has 0 unspecified atom stereocenters. The van der Waals surface area contributed by atoms with Gasteiger partial charge in [-0.25, -0.2) is 0 Å². The Kier molecular flexibility index (Phi) is 6.44. The van der Waals surface area contributed by atoms with Gasteiger partial charge in [-0.2, -0.15) is 0 Å². The number of aldehydes is 1. The van der Waals surface area contributed by atoms with E-state index in [2.05, 4.69) is 6.92 Å². The van der Waals surface area contributed by atoms with Crippen molar-refractivity contribution >= 4 is 6.29 Å². The van der Waals surface area contributed by atoms with Crippen LogP contribution in [0.1, 0.15) is 40.0 Å². The highest BCUT2D eigenvalue weighted by molar-refractivity contribution is 5.71. The summed E-state index contributed by atoms with van der Waals surface area (Å²) in [5.41, 5.74) is 0.946. The van der Waals surface area contributed by atoms with Gasteiger partial charge in [0, 0.05) is 0 Å². The number of carbonyl (C=O) groups is 1. The van der Waals surface area contributed by atoms with E-state index >= 15 is 0 Å². The number of hydrogen-bond donors (Lipinski definition) is 0. The number of hydrogen-bond acceptors (Lipinski definition) is 2. The van der Waals surface area contributed by atoms with E-state index in [1.54, 1.807) is 0 Å². The third-order valence-corrected chi connectivity index (χ3v) is 1.61. The van der Waals surface area contributed by atoms with E-state index in [9.17, 15) is 4.79 Å². The molecule has 0 fully saturated rings. The van der Waals surface area contributed by atoms with E-state index < -0.39 is 0 Å². The van der Waals surface area contributed by atoms with Crippen LogP contribution in [0.3, 0.4) is 0 Å². The Balaban J connectivity index is 3.61. The third kappa shape index (κ3) is 4.94. The number of carbonyl (C=O) groups excluding carboxylic acids is 1. The highest BCUT2D eigenvalue weighted by Crippen LogP contribution is 2.03. The smallest absolute Gasteiger partial charge is 0.184 e. The molecule has 0 radical (unpaired) electrons. The molecule has 0 aliphatic heterocycles. The van der Waals surface area contributed by atoms with Crippen molar-refractivity contribution in [2.45, 2.75) is 40.0 Å². The van der Waals surface area contributed by atoms with Gasteiger partial charge in [0.05, 0.1) is 6.61 Å². The third-order valence-electron chi connectivity index (χ3n) is 1.61. The fraction of sp³-hybridized carbons (Fsp3) is 0.700. The predicted octanol–water partition coefficient (Wildman–Crippen LogP) is 2.69. The van der Waals surface area contributed by atoms with Crippen molar-refractivity contribution < 1.29 is 9.53 Å². The maximum Gasteiger partial charge on any atom is 0.184 e. The van der Waals surface area contributed by atoms with Crippen molar-refractivity contribution in [3.05, 3.63) is 11.3 Å². The second-order valence-electron chi connectivity index (χ2n) is 3.04. The van der Waals surface area contributed by atoms with Crippen LogP contribution in [0.2, 0.25) is 0 Å². The van der Waals surface area contributed by atoms with Gasteiger partial charge in [0.1, 0.15) is 0 Å². The van der Waals surface area contributed by atoms with Crippen LogP contribution >= 0.6 is 0 Å². The monoisotopic (exact) mass is 170 g/mol. The number of ether oxygens (including phenoxy) is 1. The first-order chi connectivity index (χ1) is 5.72. The Morgan fingerprint density at radius 3 is 2.42 bits per heavy atom. The normalized spacial score (nSPS) is 9.25. The summed E-state index contributed by atoms with van der Waals surface area (Å²) in [5, 5.41) is 0. The zero-order valence-corrected chi connectivity index (χ0v) is 8.22. The average molecular weight is 170 g/mol. The molecule has 0 heterocycles. The van der Waals surface area contributed by atoms with E-state index in [0.717, 1.165) is 24.7 Å². The first-order valence-corrected chi connectivity index (χ1v) is 4.47. The van der Waals surface area contributed by atoms with Crippen LogP contribution in [-0.4, -0.2) is 12.9 Å². The molecule has 70 valence electrons. The SMILES string of the molecule is CCCCCOC(C=O)=C(C)C. The zero-order valence-electron chi connectivity index (χ0n) is 8.22. The lowest BCUT2D eigenvalue weighted by atomic mass is 10.2. The van der Waals surface area contributed by atoms with Crippen molar-refractivity contribution in [2.75, 3.05) is 6.61 Å². The van der Waals surface area contributed by atoms with Crippen molar-refractivity contribution in [1.82, 2.24) is 0 Å². The summed E-state index contributed by atoms with van der Waals surface area (Å²) in [6, 6.07) is 0. The molecule has 0 rings (SSSR count). The van der Waals surface area contributed by atoms with Gasteiger partial charge in [-0.3, -0.25) is 4.79 Å². The number of allylic oxidation sites excluding steroid dienone is 2. The predicted molar refractivity (Wildman–Crippen MR) is 49.9 cm³/mol. The van der Waals surface area contributed by atoms with Gasteiger partial charge in [-0.15, -0.1) is 0 Å². The molecule has 0 spiro atoms. The molecule has 0 saturated heterocycles. The van der Waals surface area contributed by atoms with E-state index in [0.29, 0.717) is 12.4 Å². The highest BCUT2D eigenvalue weighted by atomic mass is 16.5. The summed E-state index contributed by atoms with van der Waals surface area (Å²) < 4.78 is 5.27. The minimum Gasteiger partial charge on any atom is -0.490 e. The molecule has 0 aliphatic carbocycles. The molecular weight excluding hydrogens is 152 g/mol. The molecule has 0 aromatic carbocycles. The molecule has 0 saturated carbocycles. The first-order valence-electron chi connectivity index (χ1n) is 4.47. The summed E-state index contributed by atoms with van der Waals surface area (Å²) in [7, 11) is 0. The van der Waals surface area contributed by atoms with E-state index in [1.165, 1.54) is 6.42 Å². The Morgan fingerprint density at radius 1 is 1.33 bits per heavy atom. The fourth-order valence-corrected chi connectivity index (χ4v) is 0.830. The largest absolute Gasteiger partial charge is 0.490 e. The van der Waals surface area contributed by atoms with Crippen LogP contribution in [0.5, 0.6) is 0 Å². The van der Waals surface area contributed by atoms with Crippen LogP contribution in [0.15, 0.2) is 11.3 Å². The van der Waals surface area contributed by atoms with Gasteiger partial charge < -0.3 is 4.74 Å². The Labute approximate surface area is 74.6 Å². The van der Waals surface area contributed by atoms with Gasteiger partial charge in [0.15, 0.2) is 12.0 Å². The van der Waals surface area contributed by atoms with Crippen molar-refractivity contribution in [1.29, 1.82) is 0 Å². The molecule has 0 aromatic heterocycles. The molecule has 0 aromatic rings. The number of rotatable bonds is 6. The minimum absolute atomic E-state index is 0.492. The Hall–Kier alpha value is -0.790. The highest BCUT2D eigenvalue weighted by Gasteiger charge is 1.97. The molecule has 0 bridgehead atoms. The van der Waals surface area contributed by atoms with Gasteiger partial charge in [-0.1, -0.05) is 19.8 Å². The maximum absolute atomic E-state index is 10.4. The molecule has 12 heavy (non-hydrogen) atoms. The Morgan fingerprint density at radius 2 is 2.00 bits per heavy atom. The molecular formula is C10H18O2. The van der Waals surface area contributed by atoms with Crippen LogP contribution in [0.25, 0.3) is 0 Å². The topological polar surface area (TPSA) is 26.3 Å². The van der Waals surface area contributed by atoms with Crippen molar-refractivity contribution in [3.8, 4) is 0 Å². The van der Waals surface area contributed by atoms with Crippen LogP contribution in [0, 0.1) is 0 Å².